The number of nitrogens with two attached hydrogens (primary N) is 2. The maximum absolute atomic E-state index is 14.0. The molecule has 0 heterocycles. The van der Waals surface area contributed by atoms with Crippen LogP contribution in [0.25, 0.3) is 0 Å². The molecule has 0 unspecified atom stereocenters. The van der Waals surface area contributed by atoms with E-state index in [1.54, 1.807) is 12.1 Å². The topological polar surface area (TPSA) is 64.1 Å². The van der Waals surface area contributed by atoms with Gasteiger partial charge >= 0.3 is 0 Å². The van der Waals surface area contributed by atoms with E-state index in [2.05, 4.69) is 5.32 Å². The van der Waals surface area contributed by atoms with Gasteiger partial charge in [-0.25, -0.2) is 4.39 Å². The third kappa shape index (κ3) is 3.64. The Kier molecular flexibility index (Phi) is 5.04. The van der Waals surface area contributed by atoms with Gasteiger partial charge in [0, 0.05) is 16.6 Å². The fourth-order valence-electron chi connectivity index (χ4n) is 1.89. The molecule has 21 heavy (non-hydrogen) atoms. The van der Waals surface area contributed by atoms with Crippen LogP contribution >= 0.6 is 34.8 Å². The second-order valence-corrected chi connectivity index (χ2v) is 5.69. The summed E-state index contributed by atoms with van der Waals surface area (Å²) in [6.07, 6.45) is 0.580. The van der Waals surface area contributed by atoms with Crippen molar-refractivity contribution < 1.29 is 4.39 Å². The van der Waals surface area contributed by atoms with E-state index < -0.39 is 5.82 Å². The van der Waals surface area contributed by atoms with Crippen LogP contribution in [-0.2, 0) is 6.42 Å². The van der Waals surface area contributed by atoms with Crippen LogP contribution in [0.15, 0.2) is 24.3 Å². The molecular weight excluding hydrogens is 336 g/mol. The molecule has 2 rings (SSSR count). The molecule has 0 atom stereocenters. The van der Waals surface area contributed by atoms with Crippen LogP contribution in [0.4, 0.5) is 21.5 Å². The lowest BCUT2D eigenvalue weighted by Gasteiger charge is -2.13. The third-order valence-corrected chi connectivity index (χ3v) is 3.95. The summed E-state index contributed by atoms with van der Waals surface area (Å²) >= 11 is 17.7. The predicted octanol–water partition coefficient (Wildman–Crippen LogP) is 4.60. The van der Waals surface area contributed by atoms with Crippen LogP contribution in [-0.4, -0.2) is 6.54 Å². The van der Waals surface area contributed by atoms with Gasteiger partial charge in [-0.1, -0.05) is 40.9 Å². The maximum Gasteiger partial charge on any atom is 0.169 e. The monoisotopic (exact) mass is 347 g/mol. The van der Waals surface area contributed by atoms with Gasteiger partial charge in [0.1, 0.15) is 5.02 Å². The summed E-state index contributed by atoms with van der Waals surface area (Å²) in [4.78, 5) is 0. The lowest BCUT2D eigenvalue weighted by Crippen LogP contribution is -2.10. The van der Waals surface area contributed by atoms with E-state index in [4.69, 9.17) is 46.3 Å². The van der Waals surface area contributed by atoms with Crippen LogP contribution in [0.2, 0.25) is 15.1 Å². The van der Waals surface area contributed by atoms with Crippen LogP contribution in [0.1, 0.15) is 5.56 Å². The Hall–Kier alpha value is -1.36. The van der Waals surface area contributed by atoms with Crippen molar-refractivity contribution in [3.8, 4) is 0 Å². The van der Waals surface area contributed by atoms with Gasteiger partial charge in [-0.2, -0.15) is 0 Å². The summed E-state index contributed by atoms with van der Waals surface area (Å²) in [6, 6.07) is 6.65. The Morgan fingerprint density at radius 2 is 1.76 bits per heavy atom. The van der Waals surface area contributed by atoms with Gasteiger partial charge < -0.3 is 16.8 Å². The Morgan fingerprint density at radius 1 is 1.05 bits per heavy atom. The molecule has 0 aliphatic heterocycles. The molecule has 3 nitrogen and oxygen atoms in total. The van der Waals surface area contributed by atoms with Gasteiger partial charge in [0.2, 0.25) is 0 Å². The molecule has 0 fully saturated rings. The minimum absolute atomic E-state index is 0.109. The highest BCUT2D eigenvalue weighted by molar-refractivity contribution is 6.35. The minimum atomic E-state index is -0.656. The first-order chi connectivity index (χ1) is 9.90. The van der Waals surface area contributed by atoms with Crippen LogP contribution in [0.3, 0.4) is 0 Å². The van der Waals surface area contributed by atoms with Crippen LogP contribution in [0, 0.1) is 5.82 Å². The number of anilines is 3. The Morgan fingerprint density at radius 3 is 2.43 bits per heavy atom. The first kappa shape index (κ1) is 16.0. The minimum Gasteiger partial charge on any atom is -0.397 e. The summed E-state index contributed by atoms with van der Waals surface area (Å²) in [5.74, 6) is -0.656. The lowest BCUT2D eigenvalue weighted by atomic mass is 10.1. The van der Waals surface area contributed by atoms with E-state index in [1.807, 2.05) is 6.07 Å². The van der Waals surface area contributed by atoms with Gasteiger partial charge in [0.15, 0.2) is 5.82 Å². The van der Waals surface area contributed by atoms with E-state index in [1.165, 1.54) is 6.07 Å². The number of benzene rings is 2. The maximum atomic E-state index is 14.0. The van der Waals surface area contributed by atoms with Gasteiger partial charge in [-0.05, 0) is 30.2 Å². The second kappa shape index (κ2) is 6.60. The van der Waals surface area contributed by atoms with Crippen molar-refractivity contribution in [2.75, 3.05) is 23.3 Å². The highest BCUT2D eigenvalue weighted by Gasteiger charge is 2.14. The number of halogens is 4. The second-order valence-electron chi connectivity index (χ2n) is 4.47. The zero-order valence-corrected chi connectivity index (χ0v) is 13.2. The average molecular weight is 349 g/mol. The highest BCUT2D eigenvalue weighted by Crippen LogP contribution is 2.33. The fraction of sp³-hybridized carbons (Fsp3) is 0.143. The summed E-state index contributed by atoms with van der Waals surface area (Å²) in [6.45, 7) is 0.433. The molecule has 0 saturated heterocycles. The SMILES string of the molecule is Nc1cc(N)c(NCCc2ccc(Cl)cc2Cl)c(F)c1Cl. The van der Waals surface area contributed by atoms with Crippen molar-refractivity contribution in [3.05, 3.63) is 50.7 Å². The molecule has 0 aliphatic carbocycles. The average Bonchev–Trinajstić information content (AvgIpc) is 2.42. The van der Waals surface area contributed by atoms with Crippen molar-refractivity contribution >= 4 is 51.9 Å². The van der Waals surface area contributed by atoms with E-state index >= 15 is 0 Å². The summed E-state index contributed by atoms with van der Waals surface area (Å²) < 4.78 is 14.0. The zero-order chi connectivity index (χ0) is 15.6. The summed E-state index contributed by atoms with van der Waals surface area (Å²) in [7, 11) is 0. The molecule has 0 amide bonds. The molecule has 2 aromatic rings. The molecule has 0 radical (unpaired) electrons. The fourth-order valence-corrected chi connectivity index (χ4v) is 2.54. The smallest absolute Gasteiger partial charge is 0.169 e. The molecule has 0 bridgehead atoms. The highest BCUT2D eigenvalue weighted by atomic mass is 35.5. The number of nitrogen functional groups attached to an aromatic ring is 2. The standard InChI is InChI=1S/C14H13Cl3FN3/c15-8-2-1-7(9(16)5-8)3-4-21-14-11(20)6-10(19)12(17)13(14)18/h1-2,5-6,21H,3-4,19-20H2. The molecule has 2 aromatic carbocycles. The van der Waals surface area contributed by atoms with Gasteiger partial charge in [-0.15, -0.1) is 0 Å². The van der Waals surface area contributed by atoms with Crippen LogP contribution in [0.5, 0.6) is 0 Å². The molecule has 0 aliphatic rings. The third-order valence-electron chi connectivity index (χ3n) is 2.98. The van der Waals surface area contributed by atoms with E-state index in [9.17, 15) is 4.39 Å². The van der Waals surface area contributed by atoms with Gasteiger partial charge in [0.25, 0.3) is 0 Å². The molecule has 7 heteroatoms. The number of hydrogen-bond donors (Lipinski definition) is 3. The Balaban J connectivity index is 2.09. The predicted molar refractivity (Wildman–Crippen MR) is 88.9 cm³/mol. The van der Waals surface area contributed by atoms with Crippen molar-refractivity contribution in [3.63, 3.8) is 0 Å². The first-order valence-corrected chi connectivity index (χ1v) is 7.24. The zero-order valence-electron chi connectivity index (χ0n) is 10.9. The molecule has 0 saturated carbocycles. The van der Waals surface area contributed by atoms with Crippen molar-refractivity contribution in [2.45, 2.75) is 6.42 Å². The lowest BCUT2D eigenvalue weighted by molar-refractivity contribution is 0.632. The van der Waals surface area contributed by atoms with Crippen molar-refractivity contribution in [1.29, 1.82) is 0 Å². The quantitative estimate of drug-likeness (QED) is 0.707. The molecule has 5 N–H and O–H groups in total. The Bertz CT molecular complexity index is 677. The van der Waals surface area contributed by atoms with Crippen LogP contribution < -0.4 is 16.8 Å². The van der Waals surface area contributed by atoms with E-state index in [0.29, 0.717) is 23.0 Å². The normalized spacial score (nSPS) is 10.7. The largest absolute Gasteiger partial charge is 0.397 e. The molecular formula is C14H13Cl3FN3. The molecule has 0 aromatic heterocycles. The Labute approximate surface area is 137 Å². The molecule has 112 valence electrons. The summed E-state index contributed by atoms with van der Waals surface area (Å²) in [5, 5.41) is 3.90. The number of hydrogen-bond acceptors (Lipinski definition) is 3. The summed E-state index contributed by atoms with van der Waals surface area (Å²) in [5.41, 5.74) is 12.6. The van der Waals surface area contributed by atoms with Crippen molar-refractivity contribution in [2.24, 2.45) is 0 Å². The number of rotatable bonds is 4. The number of nitrogens with one attached hydrogen (secondary N) is 1. The molecule has 0 spiro atoms. The van der Waals surface area contributed by atoms with Gasteiger partial charge in [0.05, 0.1) is 17.1 Å². The van der Waals surface area contributed by atoms with E-state index in [0.717, 1.165) is 5.56 Å². The first-order valence-electron chi connectivity index (χ1n) is 6.11. The van der Waals surface area contributed by atoms with Gasteiger partial charge in [-0.3, -0.25) is 0 Å². The van der Waals surface area contributed by atoms with E-state index in [-0.39, 0.29) is 22.1 Å². The van der Waals surface area contributed by atoms with Crippen molar-refractivity contribution in [1.82, 2.24) is 0 Å².